The van der Waals surface area contributed by atoms with Gasteiger partial charge >= 0.3 is 0 Å². The standard InChI is InChI=1S/C15H23ClN2O/c1-10(2)9-14(17)15(19)18(4)11(3)12-7-5-6-8-13(12)16/h5-8,10-11,14H,9,17H2,1-4H3/t11?,14-/m0/s1. The van der Waals surface area contributed by atoms with Gasteiger partial charge in [0.2, 0.25) is 5.91 Å². The monoisotopic (exact) mass is 282 g/mol. The van der Waals surface area contributed by atoms with E-state index < -0.39 is 6.04 Å². The van der Waals surface area contributed by atoms with Crippen LogP contribution in [0.4, 0.5) is 0 Å². The Labute approximate surface area is 120 Å². The lowest BCUT2D eigenvalue weighted by atomic mass is 10.0. The van der Waals surface area contributed by atoms with Gasteiger partial charge in [-0.25, -0.2) is 0 Å². The summed E-state index contributed by atoms with van der Waals surface area (Å²) in [7, 11) is 1.77. The SMILES string of the molecule is CC(C)C[C@H](N)C(=O)N(C)C(C)c1ccccc1Cl. The largest absolute Gasteiger partial charge is 0.338 e. The fourth-order valence-electron chi connectivity index (χ4n) is 2.08. The zero-order chi connectivity index (χ0) is 14.6. The first-order valence-electron chi connectivity index (χ1n) is 6.61. The smallest absolute Gasteiger partial charge is 0.239 e. The number of nitrogens with two attached hydrogens (primary N) is 1. The van der Waals surface area contributed by atoms with E-state index in [9.17, 15) is 4.79 Å². The van der Waals surface area contributed by atoms with Crippen LogP contribution in [-0.2, 0) is 4.79 Å². The minimum Gasteiger partial charge on any atom is -0.338 e. The zero-order valence-electron chi connectivity index (χ0n) is 12.1. The quantitative estimate of drug-likeness (QED) is 0.901. The summed E-state index contributed by atoms with van der Waals surface area (Å²) in [6, 6.07) is 7.04. The number of carbonyl (C=O) groups is 1. The molecule has 0 saturated heterocycles. The normalized spacial score (nSPS) is 14.3. The molecule has 0 bridgehead atoms. The van der Waals surface area contributed by atoms with Gasteiger partial charge in [-0.05, 0) is 30.9 Å². The van der Waals surface area contributed by atoms with Crippen molar-refractivity contribution in [2.24, 2.45) is 11.7 Å². The number of benzene rings is 1. The van der Waals surface area contributed by atoms with Gasteiger partial charge in [-0.3, -0.25) is 4.79 Å². The third-order valence-corrected chi connectivity index (χ3v) is 3.67. The van der Waals surface area contributed by atoms with Gasteiger partial charge in [0.25, 0.3) is 0 Å². The summed E-state index contributed by atoms with van der Waals surface area (Å²) in [6.45, 7) is 6.08. The second-order valence-corrected chi connectivity index (χ2v) is 5.79. The molecule has 1 amide bonds. The Morgan fingerprint density at radius 1 is 1.32 bits per heavy atom. The number of likely N-dealkylation sites (N-methyl/N-ethyl adjacent to an activating group) is 1. The molecule has 0 saturated carbocycles. The second kappa shape index (κ2) is 6.92. The van der Waals surface area contributed by atoms with Gasteiger partial charge in [0.15, 0.2) is 0 Å². The van der Waals surface area contributed by atoms with Crippen LogP contribution in [0.5, 0.6) is 0 Å². The molecule has 1 rings (SSSR count). The van der Waals surface area contributed by atoms with Crippen LogP contribution in [0, 0.1) is 5.92 Å². The maximum absolute atomic E-state index is 12.3. The molecule has 0 fully saturated rings. The highest BCUT2D eigenvalue weighted by Crippen LogP contribution is 2.26. The molecule has 2 atom stereocenters. The molecule has 4 heteroatoms. The molecular formula is C15H23ClN2O. The van der Waals surface area contributed by atoms with Crippen molar-refractivity contribution in [2.75, 3.05) is 7.05 Å². The average Bonchev–Trinajstić information content (AvgIpc) is 2.36. The zero-order valence-corrected chi connectivity index (χ0v) is 12.8. The molecule has 1 aromatic carbocycles. The van der Waals surface area contributed by atoms with E-state index >= 15 is 0 Å². The molecule has 1 aromatic rings. The number of amides is 1. The van der Waals surface area contributed by atoms with E-state index in [1.54, 1.807) is 11.9 Å². The summed E-state index contributed by atoms with van der Waals surface area (Å²) in [5, 5.41) is 0.673. The van der Waals surface area contributed by atoms with Crippen molar-refractivity contribution in [1.29, 1.82) is 0 Å². The average molecular weight is 283 g/mol. The van der Waals surface area contributed by atoms with Crippen molar-refractivity contribution in [3.05, 3.63) is 34.9 Å². The maximum atomic E-state index is 12.3. The van der Waals surface area contributed by atoms with Crippen molar-refractivity contribution in [2.45, 2.75) is 39.3 Å². The van der Waals surface area contributed by atoms with E-state index in [4.69, 9.17) is 17.3 Å². The first-order chi connectivity index (χ1) is 8.84. The molecule has 0 radical (unpaired) electrons. The Kier molecular flexibility index (Phi) is 5.83. The molecule has 19 heavy (non-hydrogen) atoms. The number of halogens is 1. The van der Waals surface area contributed by atoms with E-state index in [1.165, 1.54) is 0 Å². The van der Waals surface area contributed by atoms with Crippen LogP contribution in [-0.4, -0.2) is 23.9 Å². The van der Waals surface area contributed by atoms with Crippen molar-refractivity contribution < 1.29 is 4.79 Å². The summed E-state index contributed by atoms with van der Waals surface area (Å²) in [6.07, 6.45) is 0.693. The molecule has 0 aromatic heterocycles. The Bertz CT molecular complexity index is 434. The Morgan fingerprint density at radius 2 is 1.89 bits per heavy atom. The molecule has 0 heterocycles. The lowest BCUT2D eigenvalue weighted by molar-refractivity contribution is -0.133. The van der Waals surface area contributed by atoms with Crippen LogP contribution >= 0.6 is 11.6 Å². The van der Waals surface area contributed by atoms with E-state index in [0.717, 1.165) is 5.56 Å². The third kappa shape index (κ3) is 4.22. The van der Waals surface area contributed by atoms with Crippen LogP contribution < -0.4 is 5.73 Å². The van der Waals surface area contributed by atoms with E-state index in [0.29, 0.717) is 17.4 Å². The van der Waals surface area contributed by atoms with Crippen molar-refractivity contribution in [1.82, 2.24) is 4.90 Å². The summed E-state index contributed by atoms with van der Waals surface area (Å²) < 4.78 is 0. The first kappa shape index (κ1) is 16.0. The summed E-state index contributed by atoms with van der Waals surface area (Å²) in [5.74, 6) is 0.365. The van der Waals surface area contributed by atoms with Crippen molar-refractivity contribution in [3.8, 4) is 0 Å². The van der Waals surface area contributed by atoms with Crippen molar-refractivity contribution in [3.63, 3.8) is 0 Å². The van der Waals surface area contributed by atoms with Gasteiger partial charge in [0.05, 0.1) is 12.1 Å². The Hall–Kier alpha value is -1.06. The van der Waals surface area contributed by atoms with Crippen LogP contribution in [0.25, 0.3) is 0 Å². The molecule has 0 aliphatic heterocycles. The predicted octanol–water partition coefficient (Wildman–Crippen LogP) is 3.23. The molecular weight excluding hydrogens is 260 g/mol. The molecule has 1 unspecified atom stereocenters. The predicted molar refractivity (Wildman–Crippen MR) is 80.1 cm³/mol. The molecule has 3 nitrogen and oxygen atoms in total. The Balaban J connectivity index is 2.80. The fraction of sp³-hybridized carbons (Fsp3) is 0.533. The van der Waals surface area contributed by atoms with E-state index in [2.05, 4.69) is 13.8 Å². The van der Waals surface area contributed by atoms with Gasteiger partial charge in [-0.2, -0.15) is 0 Å². The highest BCUT2D eigenvalue weighted by Gasteiger charge is 2.24. The molecule has 0 spiro atoms. The van der Waals surface area contributed by atoms with Gasteiger partial charge in [0, 0.05) is 12.1 Å². The lowest BCUT2D eigenvalue weighted by Gasteiger charge is -2.29. The summed E-state index contributed by atoms with van der Waals surface area (Å²) in [4.78, 5) is 13.9. The third-order valence-electron chi connectivity index (χ3n) is 3.33. The number of hydrogen-bond acceptors (Lipinski definition) is 2. The van der Waals surface area contributed by atoms with Gasteiger partial charge in [-0.1, -0.05) is 43.6 Å². The van der Waals surface area contributed by atoms with E-state index in [-0.39, 0.29) is 11.9 Å². The summed E-state index contributed by atoms with van der Waals surface area (Å²) in [5.41, 5.74) is 6.89. The van der Waals surface area contributed by atoms with Gasteiger partial charge in [0.1, 0.15) is 0 Å². The number of nitrogens with zero attached hydrogens (tertiary/aromatic N) is 1. The molecule has 2 N–H and O–H groups in total. The number of carbonyl (C=O) groups excluding carboxylic acids is 1. The van der Waals surface area contributed by atoms with E-state index in [1.807, 2.05) is 31.2 Å². The maximum Gasteiger partial charge on any atom is 0.239 e. The van der Waals surface area contributed by atoms with Gasteiger partial charge < -0.3 is 10.6 Å². The second-order valence-electron chi connectivity index (χ2n) is 5.38. The van der Waals surface area contributed by atoms with Gasteiger partial charge in [-0.15, -0.1) is 0 Å². The van der Waals surface area contributed by atoms with Crippen LogP contribution in [0.1, 0.15) is 38.8 Å². The van der Waals surface area contributed by atoms with Crippen molar-refractivity contribution >= 4 is 17.5 Å². The Morgan fingerprint density at radius 3 is 2.42 bits per heavy atom. The topological polar surface area (TPSA) is 46.3 Å². The molecule has 0 aliphatic rings. The minimum absolute atomic E-state index is 0.0406. The molecule has 0 aliphatic carbocycles. The number of hydrogen-bond donors (Lipinski definition) is 1. The highest BCUT2D eigenvalue weighted by molar-refractivity contribution is 6.31. The summed E-state index contributed by atoms with van der Waals surface area (Å²) >= 11 is 6.16. The molecule has 106 valence electrons. The fourth-order valence-corrected chi connectivity index (χ4v) is 2.38. The van der Waals surface area contributed by atoms with Crippen LogP contribution in [0.15, 0.2) is 24.3 Å². The number of rotatable bonds is 5. The highest BCUT2D eigenvalue weighted by atomic mass is 35.5. The minimum atomic E-state index is -0.449. The van der Waals surface area contributed by atoms with Crippen LogP contribution in [0.2, 0.25) is 5.02 Å². The van der Waals surface area contributed by atoms with Crippen LogP contribution in [0.3, 0.4) is 0 Å². The first-order valence-corrected chi connectivity index (χ1v) is 6.99. The lowest BCUT2D eigenvalue weighted by Crippen LogP contribution is -2.43.